The molecule has 0 bridgehead atoms. The summed E-state index contributed by atoms with van der Waals surface area (Å²) in [5.74, 6) is -2.51. The van der Waals surface area contributed by atoms with Gasteiger partial charge < -0.3 is 20.1 Å². The van der Waals surface area contributed by atoms with Crippen molar-refractivity contribution in [3.8, 4) is 16.9 Å². The number of hydrogen-bond donors (Lipinski definition) is 4. The highest BCUT2D eigenvalue weighted by Gasteiger charge is 2.21. The van der Waals surface area contributed by atoms with Crippen molar-refractivity contribution in [3.05, 3.63) is 93.4 Å². The first-order chi connectivity index (χ1) is 18.5. The highest BCUT2D eigenvalue weighted by Crippen LogP contribution is 2.31. The molecule has 4 rings (SSSR count). The molecule has 13 heteroatoms. The number of hydrogen-bond acceptors (Lipinski definition) is 7. The highest BCUT2D eigenvalue weighted by molar-refractivity contribution is 7.83. The van der Waals surface area contributed by atoms with E-state index in [9.17, 15) is 32.4 Å². The van der Waals surface area contributed by atoms with Crippen LogP contribution in [0.5, 0.6) is 0 Å². The van der Waals surface area contributed by atoms with Crippen LogP contribution >= 0.6 is 0 Å². The van der Waals surface area contributed by atoms with E-state index < -0.39 is 59.0 Å². The van der Waals surface area contributed by atoms with Gasteiger partial charge in [0.05, 0.1) is 24.9 Å². The third-order valence-corrected chi connectivity index (χ3v) is 6.02. The zero-order valence-electron chi connectivity index (χ0n) is 20.9. The minimum absolute atomic E-state index is 0.106. The van der Waals surface area contributed by atoms with Crippen molar-refractivity contribution >= 4 is 28.1 Å². The molecule has 2 aromatic heterocycles. The van der Waals surface area contributed by atoms with Gasteiger partial charge in [0.25, 0.3) is 5.56 Å². The summed E-state index contributed by atoms with van der Waals surface area (Å²) in [4.78, 5) is 21.8. The van der Waals surface area contributed by atoms with E-state index >= 15 is 0 Å². The Morgan fingerprint density at radius 3 is 2.23 bits per heavy atom. The molecule has 0 saturated carbocycles. The SMILES string of the molecule is C=C(C)S(=O)O.Cc1cc(F)ccc1-c1nc(NC(CO)CO)nc2c1ccc(=O)n2-c1c(F)cccc1F. The Morgan fingerprint density at radius 2 is 1.69 bits per heavy atom. The molecule has 1 unspecified atom stereocenters. The van der Waals surface area contributed by atoms with Gasteiger partial charge in [-0.25, -0.2) is 22.4 Å². The summed E-state index contributed by atoms with van der Waals surface area (Å²) in [5.41, 5.74) is -0.177. The van der Waals surface area contributed by atoms with Gasteiger partial charge in [-0.05, 0) is 55.8 Å². The van der Waals surface area contributed by atoms with Crippen molar-refractivity contribution in [1.29, 1.82) is 0 Å². The van der Waals surface area contributed by atoms with E-state index in [1.54, 1.807) is 6.92 Å². The van der Waals surface area contributed by atoms with Crippen molar-refractivity contribution in [2.75, 3.05) is 18.5 Å². The smallest absolute Gasteiger partial charge is 0.256 e. The third kappa shape index (κ3) is 6.75. The number of halogens is 3. The lowest BCUT2D eigenvalue weighted by Gasteiger charge is -2.18. The number of aromatic nitrogens is 3. The van der Waals surface area contributed by atoms with Crippen molar-refractivity contribution in [2.45, 2.75) is 19.9 Å². The molecule has 0 aliphatic carbocycles. The first-order valence-electron chi connectivity index (χ1n) is 11.4. The lowest BCUT2D eigenvalue weighted by atomic mass is 10.0. The number of rotatable bonds is 7. The predicted octanol–water partition coefficient (Wildman–Crippen LogP) is 3.68. The highest BCUT2D eigenvalue weighted by atomic mass is 32.2. The second kappa shape index (κ2) is 12.8. The first kappa shape index (κ1) is 29.6. The van der Waals surface area contributed by atoms with Crippen molar-refractivity contribution in [2.24, 2.45) is 0 Å². The molecular weight excluding hydrogens is 537 g/mol. The number of aryl methyl sites for hydroxylation is 1. The molecular formula is C26H25F3N4O5S. The van der Waals surface area contributed by atoms with E-state index in [-0.39, 0.29) is 27.6 Å². The fourth-order valence-corrected chi connectivity index (χ4v) is 3.53. The quantitative estimate of drug-likeness (QED) is 0.251. The third-order valence-electron chi connectivity index (χ3n) is 5.43. The number of benzene rings is 2. The maximum Gasteiger partial charge on any atom is 0.256 e. The lowest BCUT2D eigenvalue weighted by Crippen LogP contribution is -2.29. The summed E-state index contributed by atoms with van der Waals surface area (Å²) in [6, 6.07) is 8.96. The van der Waals surface area contributed by atoms with E-state index in [0.29, 0.717) is 11.1 Å². The second-order valence-electron chi connectivity index (χ2n) is 8.33. The molecule has 1 atom stereocenters. The molecule has 0 saturated heterocycles. The van der Waals surface area contributed by atoms with Crippen LogP contribution in [0.15, 0.2) is 64.8 Å². The zero-order valence-corrected chi connectivity index (χ0v) is 21.7. The van der Waals surface area contributed by atoms with Crippen LogP contribution in [-0.4, -0.2) is 52.8 Å². The molecule has 4 N–H and O–H groups in total. The van der Waals surface area contributed by atoms with Crippen LogP contribution < -0.4 is 10.9 Å². The number of allylic oxidation sites excluding steroid dienone is 1. The zero-order chi connectivity index (χ0) is 28.9. The van der Waals surface area contributed by atoms with Gasteiger partial charge in [0.15, 0.2) is 16.7 Å². The summed E-state index contributed by atoms with van der Waals surface area (Å²) in [5, 5.41) is 21.9. The summed E-state index contributed by atoms with van der Waals surface area (Å²) < 4.78 is 61.5. The van der Waals surface area contributed by atoms with E-state index in [0.717, 1.165) is 22.8 Å². The monoisotopic (exact) mass is 562 g/mol. The Kier molecular flexibility index (Phi) is 9.70. The summed E-state index contributed by atoms with van der Waals surface area (Å²) >= 11 is -1.81. The Labute approximate surface area is 223 Å². The van der Waals surface area contributed by atoms with Crippen molar-refractivity contribution in [1.82, 2.24) is 14.5 Å². The van der Waals surface area contributed by atoms with Gasteiger partial charge in [-0.15, -0.1) is 0 Å². The summed E-state index contributed by atoms with van der Waals surface area (Å²) in [6.45, 7) is 5.46. The molecule has 2 aromatic carbocycles. The molecule has 4 aromatic rings. The molecule has 0 fully saturated rings. The van der Waals surface area contributed by atoms with Gasteiger partial charge in [0.2, 0.25) is 5.95 Å². The van der Waals surface area contributed by atoms with Crippen LogP contribution in [0.1, 0.15) is 12.5 Å². The van der Waals surface area contributed by atoms with Crippen LogP contribution in [0, 0.1) is 24.4 Å². The maximum absolute atomic E-state index is 14.6. The number of nitrogens with zero attached hydrogens (tertiary/aromatic N) is 3. The van der Waals surface area contributed by atoms with Crippen LogP contribution in [-0.2, 0) is 11.1 Å². The van der Waals surface area contributed by atoms with E-state index in [1.807, 2.05) is 0 Å². The number of aliphatic hydroxyl groups is 2. The molecule has 0 spiro atoms. The maximum atomic E-state index is 14.6. The van der Waals surface area contributed by atoms with Gasteiger partial charge in [-0.1, -0.05) is 12.6 Å². The summed E-state index contributed by atoms with van der Waals surface area (Å²) in [7, 11) is 0. The predicted molar refractivity (Wildman–Crippen MR) is 142 cm³/mol. The first-order valence-corrected chi connectivity index (χ1v) is 12.5. The fraction of sp³-hybridized carbons (Fsp3) is 0.192. The molecule has 206 valence electrons. The Balaban J connectivity index is 0.000000631. The van der Waals surface area contributed by atoms with Crippen LogP contribution in [0.25, 0.3) is 28.0 Å². The van der Waals surface area contributed by atoms with Crippen LogP contribution in [0.3, 0.4) is 0 Å². The van der Waals surface area contributed by atoms with Crippen molar-refractivity contribution < 1.29 is 32.1 Å². The average molecular weight is 563 g/mol. The Morgan fingerprint density at radius 1 is 1.08 bits per heavy atom. The van der Waals surface area contributed by atoms with Gasteiger partial charge >= 0.3 is 0 Å². The van der Waals surface area contributed by atoms with Crippen LogP contribution in [0.2, 0.25) is 0 Å². The normalized spacial score (nSPS) is 11.7. The minimum Gasteiger partial charge on any atom is -0.394 e. The van der Waals surface area contributed by atoms with Gasteiger partial charge in [-0.2, -0.15) is 4.98 Å². The Bertz CT molecular complexity index is 1580. The van der Waals surface area contributed by atoms with Crippen molar-refractivity contribution in [3.63, 3.8) is 0 Å². The largest absolute Gasteiger partial charge is 0.394 e. The minimum atomic E-state index is -1.81. The Hall–Kier alpha value is -3.91. The van der Waals surface area contributed by atoms with Crippen LogP contribution in [0.4, 0.5) is 19.1 Å². The van der Waals surface area contributed by atoms with E-state index in [2.05, 4.69) is 21.9 Å². The average Bonchev–Trinajstić information content (AvgIpc) is 2.88. The number of pyridine rings is 1. The molecule has 0 aliphatic heterocycles. The summed E-state index contributed by atoms with van der Waals surface area (Å²) in [6.07, 6.45) is 0. The van der Waals surface area contributed by atoms with E-state index in [4.69, 9.17) is 4.55 Å². The number of aliphatic hydroxyl groups excluding tert-OH is 2. The molecule has 9 nitrogen and oxygen atoms in total. The number of anilines is 1. The number of fused-ring (bicyclic) bond motifs is 1. The van der Waals surface area contributed by atoms with Gasteiger partial charge in [-0.3, -0.25) is 9.36 Å². The van der Waals surface area contributed by atoms with Gasteiger partial charge in [0.1, 0.15) is 23.1 Å². The lowest BCUT2D eigenvalue weighted by molar-refractivity contribution is 0.203. The molecule has 39 heavy (non-hydrogen) atoms. The standard InChI is InChI=1S/C23H19F3N4O3.C3H6O2S/c1-12-9-13(24)5-6-15(12)20-16-7-8-19(33)30(21-17(25)3-2-4-18(21)26)22(16)29-23(28-20)27-14(10-31)11-32;1-3(2)6(4)5/h2-9,14,31-32H,10-11H2,1H3,(H,27,28,29);1H2,2H3,(H,4,5). The second-order valence-corrected chi connectivity index (χ2v) is 9.52. The van der Waals surface area contributed by atoms with Gasteiger partial charge in [0, 0.05) is 21.9 Å². The molecule has 2 heterocycles. The van der Waals surface area contributed by atoms with E-state index in [1.165, 1.54) is 37.3 Å². The topological polar surface area (TPSA) is 138 Å². The number of nitrogens with one attached hydrogen (secondary N) is 1. The number of para-hydroxylation sites is 1. The fourth-order valence-electron chi connectivity index (χ4n) is 3.53. The molecule has 0 aliphatic rings. The molecule has 0 amide bonds. The molecule has 0 radical (unpaired) electrons.